The number of carbonyl (C=O) groups excluding carboxylic acids is 1. The minimum atomic E-state index is -0.675. The summed E-state index contributed by atoms with van der Waals surface area (Å²) in [4.78, 5) is 12.5. The quantitative estimate of drug-likeness (QED) is 0.806. The number of halogens is 2. The topological polar surface area (TPSA) is 83.8 Å². The van der Waals surface area contributed by atoms with Crippen LogP contribution in [-0.4, -0.2) is 21.6 Å². The SMILES string of the molecule is CC1(N)CCCCC1C(=O)Nc1cc(-c2cc(F)cc(F)c2)[nH]n1. The third-order valence-corrected chi connectivity index (χ3v) is 4.57. The minimum absolute atomic E-state index is 0.178. The summed E-state index contributed by atoms with van der Waals surface area (Å²) in [5.41, 5.74) is 6.44. The second-order valence-electron chi connectivity index (χ2n) is 6.62. The lowest BCUT2D eigenvalue weighted by Crippen LogP contribution is -2.51. The molecule has 1 aromatic heterocycles. The fraction of sp³-hybridized carbons (Fsp3) is 0.412. The summed E-state index contributed by atoms with van der Waals surface area (Å²) in [5.74, 6) is -1.50. The number of carbonyl (C=O) groups is 1. The Morgan fingerprint density at radius 1 is 1.29 bits per heavy atom. The highest BCUT2D eigenvalue weighted by molar-refractivity contribution is 5.93. The van der Waals surface area contributed by atoms with E-state index < -0.39 is 17.2 Å². The molecule has 0 spiro atoms. The van der Waals surface area contributed by atoms with Crippen LogP contribution in [0.1, 0.15) is 32.6 Å². The van der Waals surface area contributed by atoms with Crippen molar-refractivity contribution in [3.05, 3.63) is 35.9 Å². The molecule has 0 aliphatic heterocycles. The monoisotopic (exact) mass is 334 g/mol. The second-order valence-corrected chi connectivity index (χ2v) is 6.62. The fourth-order valence-corrected chi connectivity index (χ4v) is 3.25. The lowest BCUT2D eigenvalue weighted by Gasteiger charge is -2.37. The van der Waals surface area contributed by atoms with Gasteiger partial charge in [0.25, 0.3) is 0 Å². The third-order valence-electron chi connectivity index (χ3n) is 4.57. The molecule has 2 unspecified atom stereocenters. The first-order valence-electron chi connectivity index (χ1n) is 7.97. The highest BCUT2D eigenvalue weighted by atomic mass is 19.1. The molecule has 7 heteroatoms. The number of anilines is 1. The van der Waals surface area contributed by atoms with Crippen LogP contribution in [0, 0.1) is 17.6 Å². The molecule has 3 rings (SSSR count). The third kappa shape index (κ3) is 3.46. The first-order valence-corrected chi connectivity index (χ1v) is 7.97. The zero-order valence-corrected chi connectivity index (χ0v) is 13.4. The van der Waals surface area contributed by atoms with Gasteiger partial charge in [0.05, 0.1) is 11.6 Å². The predicted octanol–water partition coefficient (Wildman–Crippen LogP) is 3.20. The molecular formula is C17H20F2N4O. The van der Waals surface area contributed by atoms with Crippen molar-refractivity contribution in [2.24, 2.45) is 11.7 Å². The maximum atomic E-state index is 13.3. The Morgan fingerprint density at radius 3 is 2.67 bits per heavy atom. The molecule has 2 aromatic rings. The van der Waals surface area contributed by atoms with Crippen molar-refractivity contribution in [1.29, 1.82) is 0 Å². The minimum Gasteiger partial charge on any atom is -0.325 e. The van der Waals surface area contributed by atoms with E-state index in [0.29, 0.717) is 17.1 Å². The predicted molar refractivity (Wildman–Crippen MR) is 87.1 cm³/mol. The first kappa shape index (κ1) is 16.6. The lowest BCUT2D eigenvalue weighted by atomic mass is 9.74. The lowest BCUT2D eigenvalue weighted by molar-refractivity contribution is -0.122. The smallest absolute Gasteiger partial charge is 0.230 e. The molecule has 1 amide bonds. The van der Waals surface area contributed by atoms with Gasteiger partial charge in [-0.15, -0.1) is 0 Å². The molecule has 1 aromatic carbocycles. The normalized spacial score (nSPS) is 23.9. The summed E-state index contributed by atoms with van der Waals surface area (Å²) in [7, 11) is 0. The molecule has 1 saturated carbocycles. The van der Waals surface area contributed by atoms with Gasteiger partial charge in [-0.2, -0.15) is 5.10 Å². The Kier molecular flexibility index (Phi) is 4.36. The van der Waals surface area contributed by atoms with E-state index in [0.717, 1.165) is 31.7 Å². The van der Waals surface area contributed by atoms with E-state index in [-0.39, 0.29) is 11.8 Å². The molecule has 1 fully saturated rings. The van der Waals surface area contributed by atoms with Crippen LogP contribution < -0.4 is 11.1 Å². The zero-order chi connectivity index (χ0) is 17.3. The number of hydrogen-bond acceptors (Lipinski definition) is 3. The number of aromatic nitrogens is 2. The molecular weight excluding hydrogens is 314 g/mol. The van der Waals surface area contributed by atoms with Gasteiger partial charge in [-0.1, -0.05) is 12.8 Å². The van der Waals surface area contributed by atoms with Crippen LogP contribution in [0.15, 0.2) is 24.3 Å². The Morgan fingerprint density at radius 2 is 2.00 bits per heavy atom. The summed E-state index contributed by atoms with van der Waals surface area (Å²) < 4.78 is 26.6. The number of benzene rings is 1. The fourth-order valence-electron chi connectivity index (χ4n) is 3.25. The highest BCUT2D eigenvalue weighted by Gasteiger charge is 2.37. The van der Waals surface area contributed by atoms with Crippen LogP contribution in [-0.2, 0) is 4.79 Å². The van der Waals surface area contributed by atoms with Gasteiger partial charge in [0.1, 0.15) is 11.6 Å². The molecule has 1 heterocycles. The molecule has 24 heavy (non-hydrogen) atoms. The Balaban J connectivity index is 1.75. The van der Waals surface area contributed by atoms with Gasteiger partial charge < -0.3 is 11.1 Å². The van der Waals surface area contributed by atoms with Gasteiger partial charge in [-0.05, 0) is 31.9 Å². The van der Waals surface area contributed by atoms with E-state index in [1.54, 1.807) is 6.07 Å². The van der Waals surface area contributed by atoms with E-state index in [1.807, 2.05) is 6.92 Å². The van der Waals surface area contributed by atoms with Crippen molar-refractivity contribution in [2.45, 2.75) is 38.1 Å². The van der Waals surface area contributed by atoms with Crippen molar-refractivity contribution >= 4 is 11.7 Å². The maximum Gasteiger partial charge on any atom is 0.230 e. The zero-order valence-electron chi connectivity index (χ0n) is 13.4. The largest absolute Gasteiger partial charge is 0.325 e. The van der Waals surface area contributed by atoms with Crippen molar-refractivity contribution in [1.82, 2.24) is 10.2 Å². The molecule has 1 aliphatic carbocycles. The second kappa shape index (κ2) is 6.32. The average molecular weight is 334 g/mol. The molecule has 2 atom stereocenters. The van der Waals surface area contributed by atoms with Gasteiger partial charge in [-0.3, -0.25) is 9.89 Å². The highest BCUT2D eigenvalue weighted by Crippen LogP contribution is 2.32. The van der Waals surface area contributed by atoms with Crippen LogP contribution in [0.5, 0.6) is 0 Å². The van der Waals surface area contributed by atoms with Crippen molar-refractivity contribution < 1.29 is 13.6 Å². The van der Waals surface area contributed by atoms with Crippen molar-refractivity contribution in [3.63, 3.8) is 0 Å². The molecule has 1 aliphatic rings. The number of H-pyrrole nitrogens is 1. The molecule has 4 N–H and O–H groups in total. The van der Waals surface area contributed by atoms with Crippen molar-refractivity contribution in [2.75, 3.05) is 5.32 Å². The summed E-state index contributed by atoms with van der Waals surface area (Å²) in [5, 5.41) is 9.41. The first-order chi connectivity index (χ1) is 11.3. The number of aromatic amines is 1. The van der Waals surface area contributed by atoms with Crippen LogP contribution in [0.3, 0.4) is 0 Å². The Hall–Kier alpha value is -2.28. The van der Waals surface area contributed by atoms with Crippen LogP contribution in [0.25, 0.3) is 11.3 Å². The number of rotatable bonds is 3. The van der Waals surface area contributed by atoms with Gasteiger partial charge in [-0.25, -0.2) is 8.78 Å². The molecule has 0 bridgehead atoms. The Bertz CT molecular complexity index is 737. The molecule has 0 saturated heterocycles. The summed E-state index contributed by atoms with van der Waals surface area (Å²) in [6.45, 7) is 1.89. The summed E-state index contributed by atoms with van der Waals surface area (Å²) in [6.07, 6.45) is 3.54. The van der Waals surface area contributed by atoms with Gasteiger partial charge in [0.15, 0.2) is 5.82 Å². The summed E-state index contributed by atoms with van der Waals surface area (Å²) in [6, 6.07) is 4.73. The van der Waals surface area contributed by atoms with Crippen LogP contribution in [0.4, 0.5) is 14.6 Å². The van der Waals surface area contributed by atoms with E-state index in [9.17, 15) is 13.6 Å². The van der Waals surface area contributed by atoms with Crippen molar-refractivity contribution in [3.8, 4) is 11.3 Å². The van der Waals surface area contributed by atoms with Gasteiger partial charge >= 0.3 is 0 Å². The standard InChI is InChI=1S/C17H20F2N4O/c1-17(20)5-3-2-4-13(17)16(24)21-15-9-14(22-23-15)10-6-11(18)8-12(19)7-10/h6-9,13H,2-5,20H2,1H3,(H2,21,22,23,24). The van der Waals surface area contributed by atoms with Gasteiger partial charge in [0, 0.05) is 23.2 Å². The van der Waals surface area contributed by atoms with E-state index in [2.05, 4.69) is 15.5 Å². The number of nitrogens with zero attached hydrogens (tertiary/aromatic N) is 1. The molecule has 128 valence electrons. The molecule has 5 nitrogen and oxygen atoms in total. The molecule has 0 radical (unpaired) electrons. The number of nitrogens with two attached hydrogens (primary N) is 1. The summed E-state index contributed by atoms with van der Waals surface area (Å²) >= 11 is 0. The van der Waals surface area contributed by atoms with Gasteiger partial charge in [0.2, 0.25) is 5.91 Å². The van der Waals surface area contributed by atoms with E-state index in [1.165, 1.54) is 12.1 Å². The van der Waals surface area contributed by atoms with E-state index >= 15 is 0 Å². The maximum absolute atomic E-state index is 13.3. The van der Waals surface area contributed by atoms with E-state index in [4.69, 9.17) is 5.73 Å². The van der Waals surface area contributed by atoms with Crippen LogP contribution in [0.2, 0.25) is 0 Å². The number of amides is 1. The van der Waals surface area contributed by atoms with Crippen LogP contribution >= 0.6 is 0 Å². The number of hydrogen-bond donors (Lipinski definition) is 3. The Labute approximate surface area is 138 Å². The number of nitrogens with one attached hydrogen (secondary N) is 2. The average Bonchev–Trinajstić information content (AvgIpc) is 2.94.